The summed E-state index contributed by atoms with van der Waals surface area (Å²) in [5, 5.41) is 3.40. The van der Waals surface area contributed by atoms with Crippen LogP contribution in [0.25, 0.3) is 32.7 Å². The van der Waals surface area contributed by atoms with Crippen molar-refractivity contribution in [2.75, 3.05) is 32.9 Å². The van der Waals surface area contributed by atoms with E-state index in [0.717, 1.165) is 64.7 Å². The molecular weight excluding hydrogens is 428 g/mol. The standard InChI is InChI=1S/C27H24N4O3/c1-28-21-5-2-19(3-6-21)22-13-25(34-16-18-8-9-29-14-18)23-15-30-17-31(23)27(22)20-4-7-24-26(12-20)33-11-10-32-24/h2-7,12-13,15,17-18,29H,8-11,14,16H2/t18-/m1/s1. The minimum Gasteiger partial charge on any atom is -0.491 e. The van der Waals surface area contributed by atoms with Gasteiger partial charge in [-0.05, 0) is 42.8 Å². The lowest BCUT2D eigenvalue weighted by Crippen LogP contribution is -2.16. The van der Waals surface area contributed by atoms with Crippen molar-refractivity contribution < 1.29 is 14.2 Å². The van der Waals surface area contributed by atoms with Gasteiger partial charge in [-0.2, -0.15) is 0 Å². The second-order valence-corrected chi connectivity index (χ2v) is 8.61. The van der Waals surface area contributed by atoms with Gasteiger partial charge in [0.05, 0.1) is 31.4 Å². The lowest BCUT2D eigenvalue weighted by molar-refractivity contribution is 0.171. The van der Waals surface area contributed by atoms with Gasteiger partial charge in [0.2, 0.25) is 0 Å². The maximum absolute atomic E-state index is 7.30. The fraction of sp³-hybridized carbons (Fsp3) is 0.259. The van der Waals surface area contributed by atoms with E-state index in [-0.39, 0.29) is 0 Å². The van der Waals surface area contributed by atoms with Crippen LogP contribution in [0.1, 0.15) is 6.42 Å². The zero-order valence-electron chi connectivity index (χ0n) is 18.7. The summed E-state index contributed by atoms with van der Waals surface area (Å²) in [6.07, 6.45) is 4.79. The zero-order chi connectivity index (χ0) is 22.9. The molecule has 0 spiro atoms. The van der Waals surface area contributed by atoms with Crippen LogP contribution >= 0.6 is 0 Å². The molecule has 2 aliphatic rings. The van der Waals surface area contributed by atoms with Crippen LogP contribution in [0.15, 0.2) is 61.1 Å². The van der Waals surface area contributed by atoms with E-state index in [1.54, 1.807) is 0 Å². The minimum atomic E-state index is 0.502. The van der Waals surface area contributed by atoms with Gasteiger partial charge in [-0.3, -0.25) is 4.40 Å². The molecule has 1 N–H and O–H groups in total. The molecule has 7 heteroatoms. The second-order valence-electron chi connectivity index (χ2n) is 8.61. The molecule has 1 fully saturated rings. The van der Waals surface area contributed by atoms with Crippen LogP contribution in [0, 0.1) is 12.5 Å². The van der Waals surface area contributed by atoms with Gasteiger partial charge in [0.25, 0.3) is 0 Å². The Kier molecular flexibility index (Phi) is 5.28. The number of rotatable bonds is 5. The quantitative estimate of drug-likeness (QED) is 0.433. The summed E-state index contributed by atoms with van der Waals surface area (Å²) in [6, 6.07) is 15.8. The van der Waals surface area contributed by atoms with Crippen LogP contribution in [0.3, 0.4) is 0 Å². The molecule has 2 aromatic heterocycles. The molecule has 2 aromatic carbocycles. The average molecular weight is 453 g/mol. The smallest absolute Gasteiger partial charge is 0.187 e. The predicted molar refractivity (Wildman–Crippen MR) is 130 cm³/mol. The fourth-order valence-electron chi connectivity index (χ4n) is 4.66. The Bertz CT molecular complexity index is 1380. The van der Waals surface area contributed by atoms with Gasteiger partial charge in [-0.1, -0.05) is 24.3 Å². The second kappa shape index (κ2) is 8.73. The van der Waals surface area contributed by atoms with E-state index >= 15 is 0 Å². The lowest BCUT2D eigenvalue weighted by Gasteiger charge is -2.21. The Labute approximate surface area is 197 Å². The summed E-state index contributed by atoms with van der Waals surface area (Å²) >= 11 is 0. The van der Waals surface area contributed by atoms with Crippen LogP contribution < -0.4 is 19.5 Å². The van der Waals surface area contributed by atoms with Crippen molar-refractivity contribution in [2.24, 2.45) is 5.92 Å². The van der Waals surface area contributed by atoms with E-state index in [9.17, 15) is 0 Å². The highest BCUT2D eigenvalue weighted by Gasteiger charge is 2.21. The molecule has 1 saturated heterocycles. The highest BCUT2D eigenvalue weighted by Crippen LogP contribution is 2.41. The number of hydrogen-bond donors (Lipinski definition) is 1. The summed E-state index contributed by atoms with van der Waals surface area (Å²) < 4.78 is 20.0. The van der Waals surface area contributed by atoms with E-state index in [1.165, 1.54) is 0 Å². The number of pyridine rings is 1. The maximum atomic E-state index is 7.30. The number of aromatic nitrogens is 2. The van der Waals surface area contributed by atoms with E-state index in [1.807, 2.05) is 55.0 Å². The number of benzene rings is 2. The van der Waals surface area contributed by atoms with E-state index in [0.29, 0.717) is 31.4 Å². The van der Waals surface area contributed by atoms with E-state index in [2.05, 4.69) is 25.6 Å². The van der Waals surface area contributed by atoms with Crippen molar-refractivity contribution in [3.05, 3.63) is 72.5 Å². The van der Waals surface area contributed by atoms with E-state index < -0.39 is 0 Å². The van der Waals surface area contributed by atoms with Crippen molar-refractivity contribution >= 4 is 11.2 Å². The van der Waals surface area contributed by atoms with Crippen LogP contribution in [-0.4, -0.2) is 42.3 Å². The first kappa shape index (κ1) is 20.6. The molecule has 6 rings (SSSR count). The molecule has 0 bridgehead atoms. The number of hydrogen-bond acceptors (Lipinski definition) is 5. The first-order valence-corrected chi connectivity index (χ1v) is 11.5. The third-order valence-corrected chi connectivity index (χ3v) is 6.42. The van der Waals surface area contributed by atoms with Crippen molar-refractivity contribution in [1.29, 1.82) is 0 Å². The average Bonchev–Trinajstić information content (AvgIpc) is 3.59. The lowest BCUT2D eigenvalue weighted by atomic mass is 9.97. The molecule has 0 radical (unpaired) electrons. The SMILES string of the molecule is [C-]#[N+]c1ccc(-c2cc(OC[C@@H]3CCNC3)c3cncn3c2-c2ccc3c(c2)OCCO3)cc1. The molecule has 34 heavy (non-hydrogen) atoms. The Morgan fingerprint density at radius 1 is 1.06 bits per heavy atom. The van der Waals surface area contributed by atoms with Gasteiger partial charge >= 0.3 is 0 Å². The van der Waals surface area contributed by atoms with Gasteiger partial charge in [0, 0.05) is 23.6 Å². The third-order valence-electron chi connectivity index (χ3n) is 6.42. The number of ether oxygens (including phenoxy) is 3. The molecule has 7 nitrogen and oxygen atoms in total. The largest absolute Gasteiger partial charge is 0.491 e. The molecule has 4 aromatic rings. The number of fused-ring (bicyclic) bond motifs is 2. The third kappa shape index (κ3) is 3.72. The molecule has 0 aliphatic carbocycles. The number of nitrogens with one attached hydrogen (secondary N) is 1. The highest BCUT2D eigenvalue weighted by atomic mass is 16.6. The molecule has 4 heterocycles. The molecule has 0 amide bonds. The minimum absolute atomic E-state index is 0.502. The van der Waals surface area contributed by atoms with Crippen LogP contribution in [0.2, 0.25) is 0 Å². The molecule has 0 unspecified atom stereocenters. The Morgan fingerprint density at radius 2 is 1.88 bits per heavy atom. The predicted octanol–water partition coefficient (Wildman–Crippen LogP) is 4.98. The summed E-state index contributed by atoms with van der Waals surface area (Å²) in [7, 11) is 0. The summed E-state index contributed by atoms with van der Waals surface area (Å²) in [6.45, 7) is 11.1. The summed E-state index contributed by atoms with van der Waals surface area (Å²) in [4.78, 5) is 7.99. The Hall–Kier alpha value is -4.02. The molecule has 170 valence electrons. The van der Waals surface area contributed by atoms with Crippen LogP contribution in [0.4, 0.5) is 5.69 Å². The van der Waals surface area contributed by atoms with Crippen molar-refractivity contribution in [1.82, 2.24) is 14.7 Å². The van der Waals surface area contributed by atoms with Gasteiger partial charge < -0.3 is 19.5 Å². The van der Waals surface area contributed by atoms with Crippen molar-refractivity contribution in [3.8, 4) is 39.6 Å². The van der Waals surface area contributed by atoms with Gasteiger partial charge in [0.15, 0.2) is 17.2 Å². The van der Waals surface area contributed by atoms with Crippen molar-refractivity contribution in [3.63, 3.8) is 0 Å². The molecule has 1 atom stereocenters. The zero-order valence-corrected chi connectivity index (χ0v) is 18.7. The maximum Gasteiger partial charge on any atom is 0.187 e. The summed E-state index contributed by atoms with van der Waals surface area (Å²) in [5.41, 5.74) is 5.49. The van der Waals surface area contributed by atoms with Gasteiger partial charge in [-0.15, -0.1) is 0 Å². The highest BCUT2D eigenvalue weighted by molar-refractivity contribution is 5.87. The van der Waals surface area contributed by atoms with Crippen LogP contribution in [0.5, 0.6) is 17.2 Å². The topological polar surface area (TPSA) is 61.4 Å². The normalized spacial score (nSPS) is 17.0. The van der Waals surface area contributed by atoms with Crippen molar-refractivity contribution in [2.45, 2.75) is 6.42 Å². The van der Waals surface area contributed by atoms with Gasteiger partial charge in [0.1, 0.15) is 24.5 Å². The van der Waals surface area contributed by atoms with Gasteiger partial charge in [-0.25, -0.2) is 9.83 Å². The first-order chi connectivity index (χ1) is 16.8. The van der Waals surface area contributed by atoms with Crippen LogP contribution in [-0.2, 0) is 0 Å². The first-order valence-electron chi connectivity index (χ1n) is 11.5. The Morgan fingerprint density at radius 3 is 2.68 bits per heavy atom. The molecular formula is C27H24N4O3. The number of imidazole rings is 1. The number of nitrogens with zero attached hydrogens (tertiary/aromatic N) is 3. The fourth-order valence-corrected chi connectivity index (χ4v) is 4.66. The molecule has 0 saturated carbocycles. The van der Waals surface area contributed by atoms with E-state index in [4.69, 9.17) is 20.8 Å². The summed E-state index contributed by atoms with van der Waals surface area (Å²) in [5.74, 6) is 2.79. The molecule has 2 aliphatic heterocycles. The monoisotopic (exact) mass is 452 g/mol. The Balaban J connectivity index is 1.51.